The second-order valence-corrected chi connectivity index (χ2v) is 6.37. The van der Waals surface area contributed by atoms with Crippen LogP contribution < -0.4 is 5.32 Å². The van der Waals surface area contributed by atoms with Crippen molar-refractivity contribution in [2.24, 2.45) is 4.99 Å². The van der Waals surface area contributed by atoms with Crippen molar-refractivity contribution in [1.82, 2.24) is 34.8 Å². The molecule has 0 atom stereocenters. The molecule has 3 rings (SSSR count). The van der Waals surface area contributed by atoms with Crippen LogP contribution in [0.25, 0.3) is 5.69 Å². The van der Waals surface area contributed by atoms with Crippen LogP contribution in [0.1, 0.15) is 18.4 Å². The van der Waals surface area contributed by atoms with E-state index in [1.807, 2.05) is 59.9 Å². The summed E-state index contributed by atoms with van der Waals surface area (Å²) in [6.07, 6.45) is 9.56. The highest BCUT2D eigenvalue weighted by atomic mass is 15.3. The summed E-state index contributed by atoms with van der Waals surface area (Å²) in [6, 6.07) is 10.1. The maximum atomic E-state index is 4.45. The van der Waals surface area contributed by atoms with Crippen molar-refractivity contribution in [2.45, 2.75) is 25.9 Å². The first-order valence-corrected chi connectivity index (χ1v) is 9.09. The molecule has 0 saturated carbocycles. The average Bonchev–Trinajstić information content (AvgIpc) is 3.37. The van der Waals surface area contributed by atoms with Crippen molar-refractivity contribution in [3.05, 3.63) is 60.9 Å². The molecule has 142 valence electrons. The zero-order chi connectivity index (χ0) is 18.9. The van der Waals surface area contributed by atoms with Gasteiger partial charge in [0.15, 0.2) is 5.96 Å². The third-order valence-electron chi connectivity index (χ3n) is 4.24. The van der Waals surface area contributed by atoms with Crippen LogP contribution in [-0.2, 0) is 13.1 Å². The lowest BCUT2D eigenvalue weighted by molar-refractivity contribution is 0.473. The molecule has 1 aromatic carbocycles. The summed E-state index contributed by atoms with van der Waals surface area (Å²) in [6.45, 7) is 2.55. The zero-order valence-corrected chi connectivity index (χ0v) is 15.9. The minimum Gasteiger partial charge on any atom is -0.356 e. The van der Waals surface area contributed by atoms with Gasteiger partial charge in [0, 0.05) is 45.5 Å². The van der Waals surface area contributed by atoms with Crippen molar-refractivity contribution in [2.75, 3.05) is 20.6 Å². The summed E-state index contributed by atoms with van der Waals surface area (Å²) in [5.74, 6) is 0.881. The third-order valence-corrected chi connectivity index (χ3v) is 4.24. The van der Waals surface area contributed by atoms with E-state index in [0.29, 0.717) is 0 Å². The van der Waals surface area contributed by atoms with Gasteiger partial charge in [-0.15, -0.1) is 10.2 Å². The van der Waals surface area contributed by atoms with Crippen LogP contribution in [0.3, 0.4) is 0 Å². The van der Waals surface area contributed by atoms with Crippen LogP contribution in [0.2, 0.25) is 0 Å². The highest BCUT2D eigenvalue weighted by Crippen LogP contribution is 2.09. The van der Waals surface area contributed by atoms with Crippen LogP contribution >= 0.6 is 0 Å². The Morgan fingerprint density at radius 1 is 1.15 bits per heavy atom. The topological polar surface area (TPSA) is 76.2 Å². The minimum absolute atomic E-state index is 0.743. The first-order chi connectivity index (χ1) is 13.3. The number of aryl methyl sites for hydroxylation is 1. The molecule has 0 bridgehead atoms. The molecule has 0 spiro atoms. The van der Waals surface area contributed by atoms with E-state index in [4.69, 9.17) is 0 Å². The maximum absolute atomic E-state index is 4.45. The first-order valence-electron chi connectivity index (χ1n) is 9.09. The van der Waals surface area contributed by atoms with E-state index in [9.17, 15) is 0 Å². The molecule has 0 saturated heterocycles. The number of aromatic nitrogens is 5. The van der Waals surface area contributed by atoms with Gasteiger partial charge in [-0.2, -0.15) is 5.10 Å². The van der Waals surface area contributed by atoms with Crippen LogP contribution in [-0.4, -0.2) is 56.0 Å². The van der Waals surface area contributed by atoms with Gasteiger partial charge in [-0.1, -0.05) is 18.2 Å². The van der Waals surface area contributed by atoms with Crippen LogP contribution in [0.5, 0.6) is 0 Å². The van der Waals surface area contributed by atoms with E-state index in [1.165, 1.54) is 0 Å². The first kappa shape index (κ1) is 18.6. The predicted octanol–water partition coefficient (Wildman–Crippen LogP) is 1.95. The summed E-state index contributed by atoms with van der Waals surface area (Å²) in [4.78, 5) is 6.48. The molecule has 27 heavy (non-hydrogen) atoms. The quantitative estimate of drug-likeness (QED) is 0.375. The fourth-order valence-corrected chi connectivity index (χ4v) is 2.85. The molecule has 0 unspecified atom stereocenters. The predicted molar refractivity (Wildman–Crippen MR) is 106 cm³/mol. The Hall–Kier alpha value is -3.16. The fourth-order valence-electron chi connectivity index (χ4n) is 2.85. The molecule has 0 amide bonds. The second-order valence-electron chi connectivity index (χ2n) is 6.37. The molecule has 0 aliphatic carbocycles. The molecule has 0 aliphatic rings. The normalized spacial score (nSPS) is 11.6. The van der Waals surface area contributed by atoms with Gasteiger partial charge in [-0.3, -0.25) is 4.99 Å². The Balaban J connectivity index is 1.44. The molecule has 8 heteroatoms. The summed E-state index contributed by atoms with van der Waals surface area (Å²) in [7, 11) is 3.84. The average molecular weight is 366 g/mol. The van der Waals surface area contributed by atoms with Gasteiger partial charge >= 0.3 is 0 Å². The SMILES string of the molecule is CN=C(NCCCCn1cnnc1)N(C)Cc1cnn(-c2ccccc2)c1. The number of benzene rings is 1. The number of nitrogens with one attached hydrogen (secondary N) is 1. The second kappa shape index (κ2) is 9.51. The van der Waals surface area contributed by atoms with E-state index in [0.717, 1.165) is 49.7 Å². The Bertz CT molecular complexity index is 823. The summed E-state index contributed by atoms with van der Waals surface area (Å²) >= 11 is 0. The molecule has 0 radical (unpaired) electrons. The molecule has 0 fully saturated rings. The zero-order valence-electron chi connectivity index (χ0n) is 15.9. The van der Waals surface area contributed by atoms with Crippen molar-refractivity contribution in [3.8, 4) is 5.69 Å². The number of unbranched alkanes of at least 4 members (excludes halogenated alkanes) is 1. The van der Waals surface area contributed by atoms with Gasteiger partial charge in [0.2, 0.25) is 0 Å². The van der Waals surface area contributed by atoms with Crippen molar-refractivity contribution in [3.63, 3.8) is 0 Å². The number of guanidine groups is 1. The van der Waals surface area contributed by atoms with Gasteiger partial charge in [0.05, 0.1) is 11.9 Å². The Labute approximate surface area is 159 Å². The molecule has 3 aromatic rings. The molecule has 1 N–H and O–H groups in total. The van der Waals surface area contributed by atoms with E-state index in [-0.39, 0.29) is 0 Å². The van der Waals surface area contributed by atoms with E-state index in [1.54, 1.807) is 12.7 Å². The van der Waals surface area contributed by atoms with Crippen molar-refractivity contribution < 1.29 is 0 Å². The molecular weight excluding hydrogens is 340 g/mol. The van der Waals surface area contributed by atoms with E-state index >= 15 is 0 Å². The highest BCUT2D eigenvalue weighted by Gasteiger charge is 2.08. The van der Waals surface area contributed by atoms with E-state index < -0.39 is 0 Å². The monoisotopic (exact) mass is 366 g/mol. The maximum Gasteiger partial charge on any atom is 0.193 e. The molecule has 8 nitrogen and oxygen atoms in total. The number of nitrogens with zero attached hydrogens (tertiary/aromatic N) is 7. The van der Waals surface area contributed by atoms with Gasteiger partial charge < -0.3 is 14.8 Å². The van der Waals surface area contributed by atoms with Gasteiger partial charge in [0.1, 0.15) is 12.7 Å². The number of hydrogen-bond acceptors (Lipinski definition) is 4. The van der Waals surface area contributed by atoms with E-state index in [2.05, 4.69) is 36.7 Å². The summed E-state index contributed by atoms with van der Waals surface area (Å²) < 4.78 is 3.88. The summed E-state index contributed by atoms with van der Waals surface area (Å²) in [5, 5.41) is 15.5. The molecule has 0 aliphatic heterocycles. The molecule has 2 heterocycles. The Kier molecular flexibility index (Phi) is 6.56. The number of hydrogen-bond donors (Lipinski definition) is 1. The van der Waals surface area contributed by atoms with Crippen molar-refractivity contribution in [1.29, 1.82) is 0 Å². The lowest BCUT2D eigenvalue weighted by Gasteiger charge is -2.21. The van der Waals surface area contributed by atoms with Gasteiger partial charge in [0.25, 0.3) is 0 Å². The smallest absolute Gasteiger partial charge is 0.193 e. The number of aliphatic imine (C=N–C) groups is 1. The van der Waals surface area contributed by atoms with Crippen LogP contribution in [0.15, 0.2) is 60.4 Å². The fraction of sp³-hybridized carbons (Fsp3) is 0.368. The number of para-hydroxylation sites is 1. The molecule has 2 aromatic heterocycles. The summed E-state index contributed by atoms with van der Waals surface area (Å²) in [5.41, 5.74) is 2.19. The van der Waals surface area contributed by atoms with Crippen LogP contribution in [0.4, 0.5) is 0 Å². The Morgan fingerprint density at radius 3 is 2.67 bits per heavy atom. The van der Waals surface area contributed by atoms with Crippen LogP contribution in [0, 0.1) is 0 Å². The largest absolute Gasteiger partial charge is 0.356 e. The number of rotatable bonds is 8. The van der Waals surface area contributed by atoms with Gasteiger partial charge in [-0.25, -0.2) is 4.68 Å². The Morgan fingerprint density at radius 2 is 1.93 bits per heavy atom. The lowest BCUT2D eigenvalue weighted by Crippen LogP contribution is -2.38. The lowest BCUT2D eigenvalue weighted by atomic mass is 10.3. The molecular formula is C19H26N8. The third kappa shape index (κ3) is 5.40. The minimum atomic E-state index is 0.743. The standard InChI is InChI=1S/C19H26N8/c1-20-19(21-10-6-7-11-26-15-22-23-16-26)25(2)13-17-12-24-27(14-17)18-8-4-3-5-9-18/h3-5,8-9,12,14-16H,6-7,10-11,13H2,1-2H3,(H,20,21). The van der Waals surface area contributed by atoms with Crippen molar-refractivity contribution >= 4 is 5.96 Å². The highest BCUT2D eigenvalue weighted by molar-refractivity contribution is 5.79. The van der Waals surface area contributed by atoms with Gasteiger partial charge in [-0.05, 0) is 25.0 Å².